The number of hydrogen-bond acceptors (Lipinski definition) is 7. The summed E-state index contributed by atoms with van der Waals surface area (Å²) in [5, 5.41) is 11.1. The first-order valence-electron chi connectivity index (χ1n) is 9.14. The van der Waals surface area contributed by atoms with Crippen LogP contribution in [0.1, 0.15) is 29.2 Å². The molecule has 0 fully saturated rings. The molecule has 12 heteroatoms. The Kier molecular flexibility index (Phi) is 5.70. The summed E-state index contributed by atoms with van der Waals surface area (Å²) in [6.45, 7) is 0.198. The van der Waals surface area contributed by atoms with Crippen LogP contribution in [0, 0.1) is 11.3 Å². The van der Waals surface area contributed by atoms with Crippen LogP contribution in [0.2, 0.25) is 0 Å². The number of rotatable bonds is 5. The summed E-state index contributed by atoms with van der Waals surface area (Å²) in [5.74, 6) is 0.272. The number of halogens is 3. The van der Waals surface area contributed by atoms with Crippen LogP contribution < -0.4 is 14.2 Å². The molecule has 166 valence electrons. The molecule has 1 aliphatic heterocycles. The van der Waals surface area contributed by atoms with Gasteiger partial charge in [-0.3, -0.25) is 4.72 Å². The van der Waals surface area contributed by atoms with Gasteiger partial charge >= 0.3 is 6.18 Å². The van der Waals surface area contributed by atoms with E-state index in [0.717, 1.165) is 29.5 Å². The molecule has 0 amide bonds. The molecule has 3 aromatic rings. The second kappa shape index (κ2) is 8.33. The van der Waals surface area contributed by atoms with Crippen LogP contribution in [0.15, 0.2) is 52.9 Å². The zero-order chi connectivity index (χ0) is 22.9. The fraction of sp³-hybridized carbons (Fsp3) is 0.200. The molecule has 2 aromatic carbocycles. The first kappa shape index (κ1) is 21.9. The first-order valence-corrected chi connectivity index (χ1v) is 11.5. The molecule has 0 bridgehead atoms. The van der Waals surface area contributed by atoms with E-state index in [9.17, 15) is 26.9 Å². The SMILES string of the molecule is N#Cc1cc(C(F)(F)F)ccc1O[C@@H]1CCOc2cc(S(=O)(=O)Nc3nccs3)ccc21. The third-order valence-corrected chi connectivity index (χ3v) is 6.78. The van der Waals surface area contributed by atoms with E-state index in [1.54, 1.807) is 11.4 Å². The van der Waals surface area contributed by atoms with E-state index in [-0.39, 0.29) is 33.7 Å². The van der Waals surface area contributed by atoms with E-state index in [1.165, 1.54) is 24.4 Å². The molecule has 4 rings (SSSR count). The topological polar surface area (TPSA) is 101 Å². The van der Waals surface area contributed by atoms with Crippen LogP contribution in [0.4, 0.5) is 18.3 Å². The minimum Gasteiger partial charge on any atom is -0.493 e. The minimum absolute atomic E-state index is 0.000449. The number of nitrogens with one attached hydrogen (secondary N) is 1. The second-order valence-electron chi connectivity index (χ2n) is 6.71. The lowest BCUT2D eigenvalue weighted by Gasteiger charge is -2.27. The van der Waals surface area contributed by atoms with Gasteiger partial charge in [-0.15, -0.1) is 11.3 Å². The Hall–Kier alpha value is -3.30. The van der Waals surface area contributed by atoms with Gasteiger partial charge in [-0.2, -0.15) is 18.4 Å². The molecule has 7 nitrogen and oxygen atoms in total. The largest absolute Gasteiger partial charge is 0.493 e. The number of anilines is 1. The zero-order valence-electron chi connectivity index (χ0n) is 16.1. The number of benzene rings is 2. The predicted molar refractivity (Wildman–Crippen MR) is 109 cm³/mol. The van der Waals surface area contributed by atoms with Gasteiger partial charge in [0.1, 0.15) is 23.7 Å². The van der Waals surface area contributed by atoms with Gasteiger partial charge in [-0.25, -0.2) is 13.4 Å². The molecule has 0 radical (unpaired) electrons. The molecule has 1 atom stereocenters. The van der Waals surface area contributed by atoms with E-state index in [4.69, 9.17) is 9.47 Å². The summed E-state index contributed by atoms with van der Waals surface area (Å²) in [6.07, 6.45) is -3.38. The van der Waals surface area contributed by atoms with E-state index in [2.05, 4.69) is 9.71 Å². The van der Waals surface area contributed by atoms with Crippen molar-refractivity contribution in [2.45, 2.75) is 23.6 Å². The Labute approximate surface area is 185 Å². The van der Waals surface area contributed by atoms with Gasteiger partial charge in [0.2, 0.25) is 0 Å². The fourth-order valence-electron chi connectivity index (χ4n) is 3.12. The van der Waals surface area contributed by atoms with Gasteiger partial charge in [-0.1, -0.05) is 6.07 Å². The number of thiazole rings is 1. The Morgan fingerprint density at radius 1 is 1.25 bits per heavy atom. The molecule has 0 aliphatic carbocycles. The molecule has 1 N–H and O–H groups in total. The minimum atomic E-state index is -4.58. The summed E-state index contributed by atoms with van der Waals surface area (Å²) in [7, 11) is -3.90. The highest BCUT2D eigenvalue weighted by molar-refractivity contribution is 7.93. The molecule has 1 aliphatic rings. The number of aromatic nitrogens is 1. The van der Waals surface area contributed by atoms with E-state index in [0.29, 0.717) is 12.0 Å². The number of alkyl halides is 3. The van der Waals surface area contributed by atoms with Gasteiger partial charge in [-0.05, 0) is 24.3 Å². The smallest absolute Gasteiger partial charge is 0.416 e. The van der Waals surface area contributed by atoms with Crippen molar-refractivity contribution in [3.05, 3.63) is 64.7 Å². The molecular weight excluding hydrogens is 467 g/mol. The van der Waals surface area contributed by atoms with E-state index in [1.807, 2.05) is 0 Å². The van der Waals surface area contributed by atoms with Crippen LogP contribution in [0.25, 0.3) is 0 Å². The van der Waals surface area contributed by atoms with Crippen molar-refractivity contribution in [3.63, 3.8) is 0 Å². The van der Waals surface area contributed by atoms with Gasteiger partial charge < -0.3 is 9.47 Å². The molecule has 32 heavy (non-hydrogen) atoms. The summed E-state index contributed by atoms with van der Waals surface area (Å²) in [6, 6.07) is 8.64. The Morgan fingerprint density at radius 3 is 2.75 bits per heavy atom. The van der Waals surface area contributed by atoms with Crippen molar-refractivity contribution in [1.82, 2.24) is 4.98 Å². The average molecular weight is 481 g/mol. The highest BCUT2D eigenvalue weighted by Crippen LogP contribution is 2.39. The summed E-state index contributed by atoms with van der Waals surface area (Å²) in [4.78, 5) is 3.85. The summed E-state index contributed by atoms with van der Waals surface area (Å²) in [5.41, 5.74) is -0.677. The molecule has 0 saturated carbocycles. The summed E-state index contributed by atoms with van der Waals surface area (Å²) >= 11 is 1.13. The van der Waals surface area contributed by atoms with Gasteiger partial charge in [0.25, 0.3) is 10.0 Å². The maximum atomic E-state index is 12.9. The molecule has 0 spiro atoms. The molecule has 1 aromatic heterocycles. The van der Waals surface area contributed by atoms with Crippen molar-refractivity contribution in [3.8, 4) is 17.6 Å². The standard InChI is InChI=1S/C20H14F3N3O4S2/c21-20(22,23)13-1-4-16(12(9-13)11-24)30-17-5-7-29-18-10-14(2-3-15(17)18)32(27,28)26-19-25-6-8-31-19/h1-4,6,8-10,17H,5,7H2,(H,25,26)/t17-/m1/s1. The van der Waals surface area contributed by atoms with Crippen LogP contribution >= 0.6 is 11.3 Å². The second-order valence-corrected chi connectivity index (χ2v) is 9.28. The van der Waals surface area contributed by atoms with Crippen molar-refractivity contribution in [2.75, 3.05) is 11.3 Å². The van der Waals surface area contributed by atoms with Crippen molar-refractivity contribution in [2.24, 2.45) is 0 Å². The van der Waals surface area contributed by atoms with Crippen LogP contribution in [-0.2, 0) is 16.2 Å². The molecule has 0 saturated heterocycles. The number of sulfonamides is 1. The number of fused-ring (bicyclic) bond motifs is 1. The van der Waals surface area contributed by atoms with Gasteiger partial charge in [0.05, 0.1) is 22.6 Å². The zero-order valence-corrected chi connectivity index (χ0v) is 17.7. The lowest BCUT2D eigenvalue weighted by molar-refractivity contribution is -0.137. The Morgan fingerprint density at radius 2 is 2.06 bits per heavy atom. The third kappa shape index (κ3) is 4.49. The van der Waals surface area contributed by atoms with Crippen LogP contribution in [0.3, 0.4) is 0 Å². The monoisotopic (exact) mass is 481 g/mol. The van der Waals surface area contributed by atoms with Gasteiger partial charge in [0, 0.05) is 29.6 Å². The maximum absolute atomic E-state index is 12.9. The predicted octanol–water partition coefficient (Wildman–Crippen LogP) is 4.74. The number of hydrogen-bond donors (Lipinski definition) is 1. The summed E-state index contributed by atoms with van der Waals surface area (Å²) < 4.78 is 77.7. The fourth-order valence-corrected chi connectivity index (χ4v) is 4.93. The Balaban J connectivity index is 1.60. The number of nitriles is 1. The highest BCUT2D eigenvalue weighted by atomic mass is 32.2. The average Bonchev–Trinajstić information content (AvgIpc) is 3.25. The number of ether oxygens (including phenoxy) is 2. The van der Waals surface area contributed by atoms with Gasteiger partial charge in [0.15, 0.2) is 5.13 Å². The maximum Gasteiger partial charge on any atom is 0.416 e. The van der Waals surface area contributed by atoms with Crippen LogP contribution in [-0.4, -0.2) is 20.0 Å². The van der Waals surface area contributed by atoms with Crippen molar-refractivity contribution in [1.29, 1.82) is 5.26 Å². The molecular formula is C20H14F3N3O4S2. The quantitative estimate of drug-likeness (QED) is 0.565. The molecule has 0 unspecified atom stereocenters. The van der Waals surface area contributed by atoms with Crippen molar-refractivity contribution >= 4 is 26.5 Å². The lowest BCUT2D eigenvalue weighted by Crippen LogP contribution is -2.20. The highest BCUT2D eigenvalue weighted by Gasteiger charge is 2.32. The number of nitrogens with zero attached hydrogens (tertiary/aromatic N) is 2. The Bertz CT molecular complexity index is 1290. The lowest BCUT2D eigenvalue weighted by atomic mass is 10.0. The first-order chi connectivity index (χ1) is 15.2. The van der Waals surface area contributed by atoms with E-state index < -0.39 is 27.9 Å². The van der Waals surface area contributed by atoms with Crippen LogP contribution in [0.5, 0.6) is 11.5 Å². The normalized spacial score (nSPS) is 15.9. The molecule has 2 heterocycles. The van der Waals surface area contributed by atoms with Crippen molar-refractivity contribution < 1.29 is 31.1 Å². The van der Waals surface area contributed by atoms with E-state index >= 15 is 0 Å². The third-order valence-electron chi connectivity index (χ3n) is 4.63.